The number of fused-ring (bicyclic) bond motifs is 1. The number of H-pyrrole nitrogens is 1. The van der Waals surface area contributed by atoms with E-state index in [9.17, 15) is 9.59 Å². The number of nitrogens with zero attached hydrogens (tertiary/aromatic N) is 1. The molecule has 6 nitrogen and oxygen atoms in total. The zero-order chi connectivity index (χ0) is 16.8. The minimum Gasteiger partial charge on any atom is -0.361 e. The standard InChI is InChI=1S/C17H20N4O2/c1-11(2)9-15(17(23)20-8-6-18)21-16(22)13-3-4-14-12(10-13)5-7-19-14/h3-5,7,10-11,15,19H,8-9H2,1-2H3,(H,20,23)(H,21,22). The molecular formula is C17H20N4O2. The number of rotatable bonds is 6. The predicted octanol–water partition coefficient (Wildman–Crippen LogP) is 1.95. The third kappa shape index (κ3) is 4.33. The molecule has 1 aromatic carbocycles. The lowest BCUT2D eigenvalue weighted by Crippen LogP contribution is -2.47. The van der Waals surface area contributed by atoms with Gasteiger partial charge in [-0.3, -0.25) is 9.59 Å². The molecule has 0 saturated heterocycles. The minimum absolute atomic E-state index is 0.0708. The van der Waals surface area contributed by atoms with E-state index in [4.69, 9.17) is 5.26 Å². The van der Waals surface area contributed by atoms with Gasteiger partial charge in [-0.1, -0.05) is 13.8 Å². The molecule has 120 valence electrons. The Kier molecular flexibility index (Phi) is 5.36. The lowest BCUT2D eigenvalue weighted by atomic mass is 10.0. The minimum atomic E-state index is -0.655. The van der Waals surface area contributed by atoms with E-state index in [0.717, 1.165) is 10.9 Å². The molecule has 1 atom stereocenters. The van der Waals surface area contributed by atoms with Gasteiger partial charge in [0.15, 0.2) is 0 Å². The first-order valence-electron chi connectivity index (χ1n) is 7.54. The summed E-state index contributed by atoms with van der Waals surface area (Å²) in [6, 6.07) is 8.42. The van der Waals surface area contributed by atoms with Gasteiger partial charge in [0.2, 0.25) is 5.91 Å². The van der Waals surface area contributed by atoms with Crippen molar-refractivity contribution in [3.05, 3.63) is 36.0 Å². The number of hydrogen-bond donors (Lipinski definition) is 3. The van der Waals surface area contributed by atoms with E-state index >= 15 is 0 Å². The molecule has 1 heterocycles. The number of hydrogen-bond acceptors (Lipinski definition) is 3. The molecule has 2 aromatic rings. The quantitative estimate of drug-likeness (QED) is 0.711. The van der Waals surface area contributed by atoms with Crippen molar-refractivity contribution in [3.8, 4) is 6.07 Å². The van der Waals surface area contributed by atoms with Crippen molar-refractivity contribution < 1.29 is 9.59 Å². The Bertz CT molecular complexity index is 742. The lowest BCUT2D eigenvalue weighted by Gasteiger charge is -2.19. The maximum atomic E-state index is 12.4. The van der Waals surface area contributed by atoms with Crippen molar-refractivity contribution in [1.29, 1.82) is 5.26 Å². The summed E-state index contributed by atoms with van der Waals surface area (Å²) in [5.74, 6) is -0.400. The van der Waals surface area contributed by atoms with Crippen molar-refractivity contribution in [2.24, 2.45) is 5.92 Å². The molecule has 0 saturated carbocycles. The lowest BCUT2D eigenvalue weighted by molar-refractivity contribution is -0.123. The molecule has 0 spiro atoms. The predicted molar refractivity (Wildman–Crippen MR) is 87.6 cm³/mol. The summed E-state index contributed by atoms with van der Waals surface area (Å²) in [6.07, 6.45) is 2.32. The molecule has 1 aromatic heterocycles. The second kappa shape index (κ2) is 7.45. The Labute approximate surface area is 134 Å². The van der Waals surface area contributed by atoms with Crippen LogP contribution in [0.1, 0.15) is 30.6 Å². The van der Waals surface area contributed by atoms with Gasteiger partial charge in [0.05, 0.1) is 6.07 Å². The SMILES string of the molecule is CC(C)CC(NC(=O)c1ccc2[nH]ccc2c1)C(=O)NCC#N. The summed E-state index contributed by atoms with van der Waals surface area (Å²) in [5, 5.41) is 14.8. The normalized spacial score (nSPS) is 11.9. The molecule has 2 amide bonds. The van der Waals surface area contributed by atoms with Gasteiger partial charge in [-0.25, -0.2) is 0 Å². The molecule has 6 heteroatoms. The van der Waals surface area contributed by atoms with Gasteiger partial charge in [-0.15, -0.1) is 0 Å². The first-order chi connectivity index (χ1) is 11.0. The summed E-state index contributed by atoms with van der Waals surface area (Å²) < 4.78 is 0. The van der Waals surface area contributed by atoms with Crippen molar-refractivity contribution >= 4 is 22.7 Å². The average Bonchev–Trinajstić information content (AvgIpc) is 2.98. The zero-order valence-electron chi connectivity index (χ0n) is 13.2. The number of carbonyl (C=O) groups excluding carboxylic acids is 2. The highest BCUT2D eigenvalue weighted by atomic mass is 16.2. The van der Waals surface area contributed by atoms with E-state index in [1.807, 2.05) is 38.2 Å². The van der Waals surface area contributed by atoms with E-state index in [-0.39, 0.29) is 24.3 Å². The summed E-state index contributed by atoms with van der Waals surface area (Å²) in [7, 11) is 0. The van der Waals surface area contributed by atoms with E-state index < -0.39 is 6.04 Å². The van der Waals surface area contributed by atoms with E-state index in [1.165, 1.54) is 0 Å². The first kappa shape index (κ1) is 16.6. The topological polar surface area (TPSA) is 97.8 Å². The summed E-state index contributed by atoms with van der Waals surface area (Å²) >= 11 is 0. The van der Waals surface area contributed by atoms with Gasteiger partial charge in [0, 0.05) is 22.7 Å². The fourth-order valence-corrected chi connectivity index (χ4v) is 2.39. The van der Waals surface area contributed by atoms with Crippen LogP contribution in [0.2, 0.25) is 0 Å². The molecule has 0 aliphatic heterocycles. The Morgan fingerprint density at radius 3 is 2.78 bits per heavy atom. The first-order valence-corrected chi connectivity index (χ1v) is 7.54. The van der Waals surface area contributed by atoms with Gasteiger partial charge in [-0.05, 0) is 36.6 Å². The second-order valence-corrected chi connectivity index (χ2v) is 5.81. The fourth-order valence-electron chi connectivity index (χ4n) is 2.39. The van der Waals surface area contributed by atoms with Gasteiger partial charge >= 0.3 is 0 Å². The number of nitriles is 1. The molecule has 0 radical (unpaired) electrons. The highest BCUT2D eigenvalue weighted by molar-refractivity contribution is 6.00. The molecule has 3 N–H and O–H groups in total. The highest BCUT2D eigenvalue weighted by Gasteiger charge is 2.22. The third-order valence-corrected chi connectivity index (χ3v) is 3.49. The second-order valence-electron chi connectivity index (χ2n) is 5.81. The molecule has 2 rings (SSSR count). The molecule has 1 unspecified atom stereocenters. The number of aromatic amines is 1. The largest absolute Gasteiger partial charge is 0.361 e. The number of benzene rings is 1. The zero-order valence-corrected chi connectivity index (χ0v) is 13.2. The Hall–Kier alpha value is -2.81. The summed E-state index contributed by atoms with van der Waals surface area (Å²) in [6.45, 7) is 3.88. The number of carbonyl (C=O) groups is 2. The van der Waals surface area contributed by atoms with Crippen molar-refractivity contribution in [2.75, 3.05) is 6.54 Å². The van der Waals surface area contributed by atoms with Gasteiger partial charge < -0.3 is 15.6 Å². The monoisotopic (exact) mass is 312 g/mol. The maximum Gasteiger partial charge on any atom is 0.251 e. The number of aromatic nitrogens is 1. The van der Waals surface area contributed by atoms with Crippen LogP contribution in [0.4, 0.5) is 0 Å². The number of nitrogens with one attached hydrogen (secondary N) is 3. The molecule has 0 bridgehead atoms. The maximum absolute atomic E-state index is 12.4. The number of amides is 2. The fraction of sp³-hybridized carbons (Fsp3) is 0.353. The summed E-state index contributed by atoms with van der Waals surface area (Å²) in [4.78, 5) is 27.6. The van der Waals surface area contributed by atoms with Crippen LogP contribution < -0.4 is 10.6 Å². The van der Waals surface area contributed by atoms with Crippen LogP contribution >= 0.6 is 0 Å². The van der Waals surface area contributed by atoms with Crippen LogP contribution in [0.3, 0.4) is 0 Å². The van der Waals surface area contributed by atoms with Crippen LogP contribution in [-0.2, 0) is 4.79 Å². The van der Waals surface area contributed by atoms with Crippen molar-refractivity contribution in [2.45, 2.75) is 26.3 Å². The van der Waals surface area contributed by atoms with E-state index in [0.29, 0.717) is 12.0 Å². The van der Waals surface area contributed by atoms with Crippen LogP contribution in [0.25, 0.3) is 10.9 Å². The molecular weight excluding hydrogens is 292 g/mol. The molecule has 23 heavy (non-hydrogen) atoms. The highest BCUT2D eigenvalue weighted by Crippen LogP contribution is 2.15. The molecule has 0 fully saturated rings. The van der Waals surface area contributed by atoms with E-state index in [1.54, 1.807) is 12.1 Å². The van der Waals surface area contributed by atoms with Crippen LogP contribution in [0.5, 0.6) is 0 Å². The van der Waals surface area contributed by atoms with Crippen molar-refractivity contribution in [3.63, 3.8) is 0 Å². The van der Waals surface area contributed by atoms with Crippen LogP contribution in [0, 0.1) is 17.2 Å². The Morgan fingerprint density at radius 2 is 2.09 bits per heavy atom. The van der Waals surface area contributed by atoms with E-state index in [2.05, 4.69) is 15.6 Å². The smallest absolute Gasteiger partial charge is 0.251 e. The average molecular weight is 312 g/mol. The van der Waals surface area contributed by atoms with Crippen molar-refractivity contribution in [1.82, 2.24) is 15.6 Å². The van der Waals surface area contributed by atoms with Crippen LogP contribution in [-0.4, -0.2) is 29.4 Å². The Morgan fingerprint density at radius 1 is 1.30 bits per heavy atom. The van der Waals surface area contributed by atoms with Gasteiger partial charge in [-0.2, -0.15) is 5.26 Å². The molecule has 0 aliphatic rings. The van der Waals surface area contributed by atoms with Gasteiger partial charge in [0.1, 0.15) is 12.6 Å². The third-order valence-electron chi connectivity index (χ3n) is 3.49. The van der Waals surface area contributed by atoms with Gasteiger partial charge in [0.25, 0.3) is 5.91 Å². The van der Waals surface area contributed by atoms with Crippen LogP contribution in [0.15, 0.2) is 30.5 Å². The summed E-state index contributed by atoms with van der Waals surface area (Å²) in [5.41, 5.74) is 1.45. The molecule has 0 aliphatic carbocycles. The Balaban J connectivity index is 2.12.